The van der Waals surface area contributed by atoms with E-state index in [1.54, 1.807) is 0 Å². The molecule has 4 heteroatoms. The van der Waals surface area contributed by atoms with E-state index in [0.717, 1.165) is 16.2 Å². The molecule has 1 nitrogen and oxygen atoms in total. The Morgan fingerprint density at radius 2 is 1.73 bits per heavy atom. The molecule has 0 saturated carbocycles. The van der Waals surface area contributed by atoms with E-state index in [-0.39, 0.29) is 5.04 Å². The second-order valence-electron chi connectivity index (χ2n) is 7.78. The van der Waals surface area contributed by atoms with Gasteiger partial charge in [-0.2, -0.15) is 0 Å². The second-order valence-corrected chi connectivity index (χ2v) is 15.3. The lowest BCUT2D eigenvalue weighted by Crippen LogP contribution is -2.45. The van der Waals surface area contributed by atoms with Crippen LogP contribution < -0.4 is 0 Å². The maximum Gasteiger partial charge on any atom is 0.192 e. The smallest absolute Gasteiger partial charge is 0.192 e. The zero-order valence-corrected chi connectivity index (χ0v) is 19.7. The number of halogens is 2. The summed E-state index contributed by atoms with van der Waals surface area (Å²) in [6, 6.07) is 0. The molecule has 130 valence electrons. The van der Waals surface area contributed by atoms with Crippen LogP contribution in [0.5, 0.6) is 0 Å². The van der Waals surface area contributed by atoms with Crippen LogP contribution in [-0.2, 0) is 4.43 Å². The fourth-order valence-electron chi connectivity index (χ4n) is 2.03. The highest BCUT2D eigenvalue weighted by atomic mass is 79.9. The Kier molecular flexibility index (Phi) is 10.1. The summed E-state index contributed by atoms with van der Waals surface area (Å²) in [5.74, 6) is 0.987. The standard InChI is InChI=1S/C18H34Br2OSi/c1-9-16(21-22(7,8)18(4,5)6)15(3)12-10-11-14(2)13-17(19)20/h10,12-16H,9,11H2,1-8H3/b12-10+/t14-,15-,16-/m0/s1. The maximum absolute atomic E-state index is 6.60. The number of hydrogen-bond acceptors (Lipinski definition) is 1. The molecule has 3 atom stereocenters. The molecular weight excluding hydrogens is 420 g/mol. The van der Waals surface area contributed by atoms with Crippen LogP contribution in [0.2, 0.25) is 18.1 Å². The zero-order valence-electron chi connectivity index (χ0n) is 15.5. The first-order valence-corrected chi connectivity index (χ1v) is 12.8. The van der Waals surface area contributed by atoms with Gasteiger partial charge in [0, 0.05) is 0 Å². The summed E-state index contributed by atoms with van der Waals surface area (Å²) in [4.78, 5) is 0. The lowest BCUT2D eigenvalue weighted by molar-refractivity contribution is 0.141. The van der Waals surface area contributed by atoms with Crippen molar-refractivity contribution in [3.8, 4) is 0 Å². The molecule has 0 aliphatic heterocycles. The van der Waals surface area contributed by atoms with E-state index in [4.69, 9.17) is 4.43 Å². The van der Waals surface area contributed by atoms with Crippen molar-refractivity contribution < 1.29 is 4.43 Å². The van der Waals surface area contributed by atoms with Gasteiger partial charge in [0.05, 0.1) is 9.50 Å². The third kappa shape index (κ3) is 8.46. The predicted molar refractivity (Wildman–Crippen MR) is 110 cm³/mol. The van der Waals surface area contributed by atoms with Crippen LogP contribution in [0.3, 0.4) is 0 Å². The molecule has 0 aliphatic rings. The molecule has 0 fully saturated rings. The van der Waals surface area contributed by atoms with Gasteiger partial charge in [-0.3, -0.25) is 0 Å². The van der Waals surface area contributed by atoms with Gasteiger partial charge in [-0.1, -0.05) is 59.8 Å². The SMILES string of the molecule is CC[C@H](O[Si](C)(C)C(C)(C)C)[C@@H](C)/C=C/C[C@H](C)C=C(Br)Br. The van der Waals surface area contributed by atoms with Gasteiger partial charge >= 0.3 is 0 Å². The average Bonchev–Trinajstić information content (AvgIpc) is 2.33. The third-order valence-corrected chi connectivity index (χ3v) is 9.63. The van der Waals surface area contributed by atoms with Crippen LogP contribution in [-0.4, -0.2) is 14.4 Å². The van der Waals surface area contributed by atoms with E-state index in [1.807, 2.05) is 0 Å². The fourth-order valence-corrected chi connectivity index (χ4v) is 4.43. The topological polar surface area (TPSA) is 9.23 Å². The Balaban J connectivity index is 4.67. The van der Waals surface area contributed by atoms with Gasteiger partial charge in [-0.05, 0) is 74.7 Å². The van der Waals surface area contributed by atoms with Crippen molar-refractivity contribution in [2.75, 3.05) is 0 Å². The van der Waals surface area contributed by atoms with Gasteiger partial charge in [0.25, 0.3) is 0 Å². The number of allylic oxidation sites excluding steroid dienone is 2. The van der Waals surface area contributed by atoms with Crippen molar-refractivity contribution in [3.05, 3.63) is 21.6 Å². The van der Waals surface area contributed by atoms with E-state index in [1.165, 1.54) is 0 Å². The molecule has 0 saturated heterocycles. The van der Waals surface area contributed by atoms with E-state index >= 15 is 0 Å². The van der Waals surface area contributed by atoms with Gasteiger partial charge in [0.15, 0.2) is 8.32 Å². The van der Waals surface area contributed by atoms with Crippen molar-refractivity contribution in [3.63, 3.8) is 0 Å². The summed E-state index contributed by atoms with van der Waals surface area (Å²) in [5, 5.41) is 0.269. The van der Waals surface area contributed by atoms with Gasteiger partial charge in [-0.25, -0.2) is 0 Å². The Morgan fingerprint density at radius 1 is 1.18 bits per heavy atom. The largest absolute Gasteiger partial charge is 0.413 e. The van der Waals surface area contributed by atoms with Crippen LogP contribution in [0.4, 0.5) is 0 Å². The molecule has 0 heterocycles. The van der Waals surface area contributed by atoms with Gasteiger partial charge < -0.3 is 4.43 Å². The first kappa shape index (κ1) is 22.6. The summed E-state index contributed by atoms with van der Waals surface area (Å²) in [6.45, 7) is 18.3. The zero-order chi connectivity index (χ0) is 17.6. The maximum atomic E-state index is 6.60. The number of rotatable bonds is 8. The summed E-state index contributed by atoms with van der Waals surface area (Å²) < 4.78 is 7.63. The van der Waals surface area contributed by atoms with Crippen molar-refractivity contribution in [2.45, 2.75) is 78.6 Å². The monoisotopic (exact) mass is 452 g/mol. The first-order valence-electron chi connectivity index (χ1n) is 8.28. The quantitative estimate of drug-likeness (QED) is 0.271. The Labute approximate surface area is 156 Å². The Bertz CT molecular complexity index is 379. The van der Waals surface area contributed by atoms with Crippen LogP contribution >= 0.6 is 31.9 Å². The van der Waals surface area contributed by atoms with Crippen LogP contribution in [0.1, 0.15) is 54.4 Å². The van der Waals surface area contributed by atoms with Crippen molar-refractivity contribution in [1.82, 2.24) is 0 Å². The Hall–Kier alpha value is 0.617. The van der Waals surface area contributed by atoms with Gasteiger partial charge in [-0.15, -0.1) is 0 Å². The molecule has 22 heavy (non-hydrogen) atoms. The minimum Gasteiger partial charge on any atom is -0.413 e. The van der Waals surface area contributed by atoms with E-state index < -0.39 is 8.32 Å². The van der Waals surface area contributed by atoms with E-state index in [9.17, 15) is 0 Å². The van der Waals surface area contributed by atoms with Crippen LogP contribution in [0, 0.1) is 11.8 Å². The van der Waals surface area contributed by atoms with Crippen molar-refractivity contribution >= 4 is 40.2 Å². The minimum absolute atomic E-state index is 0.269. The van der Waals surface area contributed by atoms with Crippen LogP contribution in [0.15, 0.2) is 21.6 Å². The fraction of sp³-hybridized carbons (Fsp3) is 0.778. The third-order valence-electron chi connectivity index (χ3n) is 4.60. The van der Waals surface area contributed by atoms with Gasteiger partial charge in [0.1, 0.15) is 0 Å². The second kappa shape index (κ2) is 9.80. The highest BCUT2D eigenvalue weighted by Gasteiger charge is 2.39. The highest BCUT2D eigenvalue weighted by molar-refractivity contribution is 9.28. The summed E-state index contributed by atoms with van der Waals surface area (Å²) in [5.41, 5.74) is 0. The molecule has 0 bridgehead atoms. The van der Waals surface area contributed by atoms with Gasteiger partial charge in [0.2, 0.25) is 0 Å². The molecule has 0 N–H and O–H groups in total. The molecule has 0 radical (unpaired) electrons. The highest BCUT2D eigenvalue weighted by Crippen LogP contribution is 2.38. The lowest BCUT2D eigenvalue weighted by atomic mass is 10.0. The number of hydrogen-bond donors (Lipinski definition) is 0. The predicted octanol–water partition coefficient (Wildman–Crippen LogP) is 7.64. The first-order chi connectivity index (χ1) is 9.90. The summed E-state index contributed by atoms with van der Waals surface area (Å²) in [7, 11) is -1.69. The van der Waals surface area contributed by atoms with Crippen LogP contribution in [0.25, 0.3) is 0 Å². The molecule has 0 spiro atoms. The molecule has 0 aromatic carbocycles. The molecule has 0 aliphatic carbocycles. The van der Waals surface area contributed by atoms with E-state index in [0.29, 0.717) is 17.9 Å². The average molecular weight is 454 g/mol. The van der Waals surface area contributed by atoms with Crippen molar-refractivity contribution in [2.24, 2.45) is 11.8 Å². The molecule has 0 amide bonds. The normalized spacial score (nSPS) is 17.4. The van der Waals surface area contributed by atoms with E-state index in [2.05, 4.69) is 105 Å². The molecule has 0 rings (SSSR count). The molecule has 0 unspecified atom stereocenters. The molecule has 0 aromatic heterocycles. The summed E-state index contributed by atoms with van der Waals surface area (Å²) >= 11 is 6.84. The Morgan fingerprint density at radius 3 is 2.14 bits per heavy atom. The van der Waals surface area contributed by atoms with Crippen molar-refractivity contribution in [1.29, 1.82) is 0 Å². The minimum atomic E-state index is -1.69. The summed E-state index contributed by atoms with van der Waals surface area (Å²) in [6.07, 6.45) is 9.26. The molecule has 0 aromatic rings. The lowest BCUT2D eigenvalue weighted by Gasteiger charge is -2.40. The molecular formula is C18H34Br2OSi.